The van der Waals surface area contributed by atoms with Crippen LogP contribution >= 0.6 is 0 Å². The third kappa shape index (κ3) is 3.10. The van der Waals surface area contributed by atoms with E-state index in [0.717, 1.165) is 10.9 Å². The molecule has 0 spiro atoms. The zero-order valence-corrected chi connectivity index (χ0v) is 15.1. The van der Waals surface area contributed by atoms with Gasteiger partial charge >= 0.3 is 0 Å². The lowest BCUT2D eigenvalue weighted by Gasteiger charge is -2.12. The molecule has 0 aliphatic heterocycles. The normalized spacial score (nSPS) is 11.6. The highest BCUT2D eigenvalue weighted by Gasteiger charge is 2.21. The molecule has 1 amide bonds. The van der Waals surface area contributed by atoms with E-state index in [1.807, 2.05) is 6.07 Å². The topological polar surface area (TPSA) is 158 Å². The van der Waals surface area contributed by atoms with Crippen LogP contribution in [0, 0.1) is 0 Å². The van der Waals surface area contributed by atoms with Crippen molar-refractivity contribution in [2.24, 2.45) is 10.9 Å². The number of carbonyl (C=O) groups is 1. The second kappa shape index (κ2) is 6.51. The van der Waals surface area contributed by atoms with E-state index in [9.17, 15) is 13.2 Å². The van der Waals surface area contributed by atoms with Gasteiger partial charge in [0.05, 0.1) is 16.6 Å². The van der Waals surface area contributed by atoms with Gasteiger partial charge in [-0.1, -0.05) is 24.3 Å². The van der Waals surface area contributed by atoms with E-state index < -0.39 is 15.9 Å². The number of nitrogens with two attached hydrogens (primary N) is 2. The molecule has 4 rings (SSSR count). The van der Waals surface area contributed by atoms with Gasteiger partial charge in [0.15, 0.2) is 0 Å². The highest BCUT2D eigenvalue weighted by atomic mass is 32.2. The summed E-state index contributed by atoms with van der Waals surface area (Å²) in [5.41, 5.74) is 8.06. The van der Waals surface area contributed by atoms with Gasteiger partial charge in [0.2, 0.25) is 10.0 Å². The molecule has 4 aromatic rings. The van der Waals surface area contributed by atoms with Crippen LogP contribution in [0.3, 0.4) is 0 Å². The molecule has 10 heteroatoms. The van der Waals surface area contributed by atoms with Crippen molar-refractivity contribution in [1.29, 1.82) is 0 Å². The zero-order valence-electron chi connectivity index (χ0n) is 14.3. The quantitative estimate of drug-likeness (QED) is 0.475. The Morgan fingerprint density at radius 3 is 2.57 bits per heavy atom. The number of fused-ring (bicyclic) bond motifs is 1. The lowest BCUT2D eigenvalue weighted by molar-refractivity contribution is 0.0996. The summed E-state index contributed by atoms with van der Waals surface area (Å²) in [6.45, 7) is 0. The van der Waals surface area contributed by atoms with Crippen LogP contribution in [-0.4, -0.2) is 34.7 Å². The van der Waals surface area contributed by atoms with Crippen molar-refractivity contribution < 1.29 is 13.2 Å². The molecular formula is C18H14N6O3S. The molecule has 140 valence electrons. The highest BCUT2D eigenvalue weighted by Crippen LogP contribution is 2.36. The number of H-pyrrole nitrogens is 1. The largest absolute Gasteiger partial charge is 0.364 e. The fourth-order valence-corrected chi connectivity index (χ4v) is 3.79. The number of aromatic amines is 1. The van der Waals surface area contributed by atoms with E-state index >= 15 is 0 Å². The number of pyridine rings is 1. The molecule has 2 aromatic carbocycles. The SMILES string of the molecule is NC(=O)c1ccc2cc(-c3cccc(S(N)(=O)=O)c3-c3cn[nH]n3)ccc2n1. The predicted octanol–water partition coefficient (Wildman–Crippen LogP) is 1.43. The average Bonchev–Trinajstić information content (AvgIpc) is 3.20. The molecule has 0 radical (unpaired) electrons. The number of carbonyl (C=O) groups excluding carboxylic acids is 1. The van der Waals surface area contributed by atoms with Gasteiger partial charge in [-0.05, 0) is 35.4 Å². The molecule has 0 saturated carbocycles. The van der Waals surface area contributed by atoms with Gasteiger partial charge in [0.1, 0.15) is 11.4 Å². The van der Waals surface area contributed by atoms with Crippen molar-refractivity contribution in [2.75, 3.05) is 0 Å². The smallest absolute Gasteiger partial charge is 0.267 e. The van der Waals surface area contributed by atoms with E-state index in [0.29, 0.717) is 22.3 Å². The van der Waals surface area contributed by atoms with Gasteiger partial charge in [0.25, 0.3) is 5.91 Å². The summed E-state index contributed by atoms with van der Waals surface area (Å²) >= 11 is 0. The van der Waals surface area contributed by atoms with Gasteiger partial charge in [-0.3, -0.25) is 4.79 Å². The van der Waals surface area contributed by atoms with Crippen molar-refractivity contribution in [3.63, 3.8) is 0 Å². The minimum absolute atomic E-state index is 0.0544. The first-order chi connectivity index (χ1) is 13.3. The van der Waals surface area contributed by atoms with Gasteiger partial charge in [-0.15, -0.1) is 0 Å². The minimum Gasteiger partial charge on any atom is -0.364 e. The number of benzene rings is 2. The van der Waals surface area contributed by atoms with Crippen LogP contribution in [0.4, 0.5) is 0 Å². The molecule has 0 atom stereocenters. The average molecular weight is 394 g/mol. The third-order valence-electron chi connectivity index (χ3n) is 4.26. The summed E-state index contributed by atoms with van der Waals surface area (Å²) in [6.07, 6.45) is 1.43. The van der Waals surface area contributed by atoms with Crippen LogP contribution in [0.5, 0.6) is 0 Å². The van der Waals surface area contributed by atoms with Crippen molar-refractivity contribution in [3.05, 3.63) is 60.4 Å². The number of sulfonamides is 1. The Balaban J connectivity index is 1.97. The number of amides is 1. The molecule has 0 saturated heterocycles. The number of nitrogens with zero attached hydrogens (tertiary/aromatic N) is 3. The Bertz CT molecular complexity index is 1320. The van der Waals surface area contributed by atoms with Crippen molar-refractivity contribution in [3.8, 4) is 22.4 Å². The molecule has 0 unspecified atom stereocenters. The van der Waals surface area contributed by atoms with Crippen LogP contribution in [-0.2, 0) is 10.0 Å². The van der Waals surface area contributed by atoms with E-state index in [-0.39, 0.29) is 10.6 Å². The Morgan fingerprint density at radius 2 is 1.89 bits per heavy atom. The summed E-state index contributed by atoms with van der Waals surface area (Å²) in [4.78, 5) is 15.5. The summed E-state index contributed by atoms with van der Waals surface area (Å²) in [5, 5.41) is 16.4. The Morgan fingerprint density at radius 1 is 1.07 bits per heavy atom. The molecule has 28 heavy (non-hydrogen) atoms. The number of aromatic nitrogens is 4. The molecule has 9 nitrogen and oxygen atoms in total. The Hall–Kier alpha value is -3.63. The number of nitrogens with one attached hydrogen (secondary N) is 1. The van der Waals surface area contributed by atoms with Crippen molar-refractivity contribution in [1.82, 2.24) is 20.4 Å². The monoisotopic (exact) mass is 394 g/mol. The Labute approximate surface area is 159 Å². The van der Waals surface area contributed by atoms with Crippen LogP contribution in [0.1, 0.15) is 10.5 Å². The maximum atomic E-state index is 12.1. The molecule has 0 aliphatic rings. The van der Waals surface area contributed by atoms with Gasteiger partial charge in [-0.2, -0.15) is 15.4 Å². The summed E-state index contributed by atoms with van der Waals surface area (Å²) in [7, 11) is -3.99. The predicted molar refractivity (Wildman–Crippen MR) is 102 cm³/mol. The molecule has 2 heterocycles. The highest BCUT2D eigenvalue weighted by molar-refractivity contribution is 7.89. The van der Waals surface area contributed by atoms with E-state index in [1.54, 1.807) is 30.3 Å². The molecule has 0 bridgehead atoms. The first-order valence-electron chi connectivity index (χ1n) is 8.07. The van der Waals surface area contributed by atoms with E-state index in [1.165, 1.54) is 18.3 Å². The number of hydrogen-bond acceptors (Lipinski definition) is 6. The lowest BCUT2D eigenvalue weighted by atomic mass is 9.96. The first kappa shape index (κ1) is 17.8. The fraction of sp³-hybridized carbons (Fsp3) is 0. The molecule has 2 aromatic heterocycles. The number of primary sulfonamides is 1. The summed E-state index contributed by atoms with van der Waals surface area (Å²) in [6, 6.07) is 13.4. The van der Waals surface area contributed by atoms with Crippen molar-refractivity contribution >= 4 is 26.8 Å². The number of hydrogen-bond donors (Lipinski definition) is 3. The lowest BCUT2D eigenvalue weighted by Crippen LogP contribution is -2.14. The van der Waals surface area contributed by atoms with E-state index in [2.05, 4.69) is 20.4 Å². The van der Waals surface area contributed by atoms with Gasteiger partial charge < -0.3 is 5.73 Å². The summed E-state index contributed by atoms with van der Waals surface area (Å²) in [5.74, 6) is -0.611. The third-order valence-corrected chi connectivity index (χ3v) is 5.21. The van der Waals surface area contributed by atoms with Crippen LogP contribution in [0.2, 0.25) is 0 Å². The van der Waals surface area contributed by atoms with Crippen LogP contribution in [0.15, 0.2) is 59.6 Å². The minimum atomic E-state index is -3.99. The first-order valence-corrected chi connectivity index (χ1v) is 9.62. The van der Waals surface area contributed by atoms with Gasteiger partial charge in [-0.25, -0.2) is 18.5 Å². The zero-order chi connectivity index (χ0) is 19.9. The second-order valence-electron chi connectivity index (χ2n) is 6.05. The fourth-order valence-electron chi connectivity index (χ4n) is 3.03. The van der Waals surface area contributed by atoms with E-state index in [4.69, 9.17) is 10.9 Å². The molecule has 5 N–H and O–H groups in total. The number of rotatable bonds is 4. The number of primary amides is 1. The molecular weight excluding hydrogens is 380 g/mol. The maximum Gasteiger partial charge on any atom is 0.267 e. The van der Waals surface area contributed by atoms with Crippen molar-refractivity contribution in [2.45, 2.75) is 4.90 Å². The molecule has 0 fully saturated rings. The van der Waals surface area contributed by atoms with Crippen LogP contribution < -0.4 is 10.9 Å². The van der Waals surface area contributed by atoms with Crippen LogP contribution in [0.25, 0.3) is 33.3 Å². The second-order valence-corrected chi connectivity index (χ2v) is 7.58. The summed E-state index contributed by atoms with van der Waals surface area (Å²) < 4.78 is 24.2. The standard InChI is InChI=1S/C18H14N6O3S/c19-18(25)14-7-5-11-8-10(4-6-13(11)22-14)12-2-1-3-16(28(20,26)27)17(12)15-9-21-24-23-15/h1-9H,(H2,19,25)(H2,20,26,27)(H,21,23,24). The Kier molecular flexibility index (Phi) is 4.13. The van der Waals surface area contributed by atoms with Gasteiger partial charge in [0, 0.05) is 10.9 Å². The maximum absolute atomic E-state index is 12.1. The molecule has 0 aliphatic carbocycles.